The third kappa shape index (κ3) is 2.80. The number of alkyl halides is 1. The van der Waals surface area contributed by atoms with E-state index in [4.69, 9.17) is 23.2 Å². The second-order valence-corrected chi connectivity index (χ2v) is 6.26. The van der Waals surface area contributed by atoms with E-state index in [0.29, 0.717) is 28.8 Å². The monoisotopic (exact) mass is 386 g/mol. The van der Waals surface area contributed by atoms with E-state index in [1.807, 2.05) is 18.2 Å². The quantitative estimate of drug-likeness (QED) is 0.553. The molecule has 0 saturated carbocycles. The molecule has 2 aromatic carbocycles. The fourth-order valence-corrected chi connectivity index (χ4v) is 2.97. The number of nitrogens with zero attached hydrogens (tertiary/aromatic N) is 2. The van der Waals surface area contributed by atoms with Gasteiger partial charge >= 0.3 is 0 Å². The molecule has 3 aromatic rings. The van der Waals surface area contributed by atoms with Crippen molar-refractivity contribution in [2.45, 2.75) is 6.42 Å². The number of benzene rings is 2. The summed E-state index contributed by atoms with van der Waals surface area (Å²) in [6, 6.07) is 10.2. The van der Waals surface area contributed by atoms with Crippen molar-refractivity contribution in [3.05, 3.63) is 57.5 Å². The number of fused-ring (bicyclic) bond motifs is 1. The molecule has 0 aliphatic heterocycles. The highest BCUT2D eigenvalue weighted by atomic mass is 79.9. The minimum Gasteiger partial charge on any atom is -0.293 e. The van der Waals surface area contributed by atoms with Crippen molar-refractivity contribution >= 4 is 50.2 Å². The fraction of sp³-hybridized carbons (Fsp3) is 0.133. The summed E-state index contributed by atoms with van der Waals surface area (Å²) < 4.78 is 16.9. The molecular weight excluding hydrogens is 378 g/mol. The number of imidazole rings is 1. The molecule has 0 saturated heterocycles. The van der Waals surface area contributed by atoms with E-state index >= 15 is 0 Å². The van der Waals surface area contributed by atoms with Gasteiger partial charge in [-0.2, -0.15) is 0 Å². The lowest BCUT2D eigenvalue weighted by Gasteiger charge is -2.10. The zero-order valence-corrected chi connectivity index (χ0v) is 13.9. The van der Waals surface area contributed by atoms with E-state index in [9.17, 15) is 4.39 Å². The number of halogens is 4. The van der Waals surface area contributed by atoms with Crippen LogP contribution in [0.5, 0.6) is 0 Å². The molecule has 3 rings (SSSR count). The zero-order chi connectivity index (χ0) is 15.0. The minimum absolute atomic E-state index is 0.350. The van der Waals surface area contributed by atoms with Gasteiger partial charge < -0.3 is 0 Å². The Morgan fingerprint density at radius 2 is 2.00 bits per heavy atom. The Hall–Kier alpha value is -1.10. The predicted octanol–water partition coefficient (Wildman–Crippen LogP) is 5.36. The SMILES string of the molecule is Fc1ccc(Cl)cc1-n1c(CCCl)nc2cc(Br)ccc21. The van der Waals surface area contributed by atoms with Gasteiger partial charge in [0.2, 0.25) is 0 Å². The van der Waals surface area contributed by atoms with E-state index in [2.05, 4.69) is 20.9 Å². The number of hydrogen-bond acceptors (Lipinski definition) is 1. The summed E-state index contributed by atoms with van der Waals surface area (Å²) in [4.78, 5) is 4.55. The predicted molar refractivity (Wildman–Crippen MR) is 88.2 cm³/mol. The summed E-state index contributed by atoms with van der Waals surface area (Å²) in [5.41, 5.74) is 1.98. The molecule has 1 aromatic heterocycles. The first-order valence-electron chi connectivity index (χ1n) is 6.28. The average Bonchev–Trinajstić information content (AvgIpc) is 2.79. The highest BCUT2D eigenvalue weighted by molar-refractivity contribution is 9.10. The molecule has 0 fully saturated rings. The lowest BCUT2D eigenvalue weighted by Crippen LogP contribution is -2.04. The summed E-state index contributed by atoms with van der Waals surface area (Å²) in [7, 11) is 0. The normalized spacial score (nSPS) is 11.2. The summed E-state index contributed by atoms with van der Waals surface area (Å²) >= 11 is 15.3. The maximum atomic E-state index is 14.2. The summed E-state index contributed by atoms with van der Waals surface area (Å²) in [6.07, 6.45) is 0.541. The Morgan fingerprint density at radius 3 is 2.76 bits per heavy atom. The van der Waals surface area contributed by atoms with E-state index in [1.165, 1.54) is 12.1 Å². The van der Waals surface area contributed by atoms with Gasteiger partial charge in [0, 0.05) is 21.8 Å². The number of aryl methyl sites for hydroxylation is 1. The molecule has 0 spiro atoms. The number of rotatable bonds is 3. The largest absolute Gasteiger partial charge is 0.293 e. The second-order valence-electron chi connectivity index (χ2n) is 4.53. The molecule has 2 nitrogen and oxygen atoms in total. The van der Waals surface area contributed by atoms with Crippen LogP contribution >= 0.6 is 39.1 Å². The highest BCUT2D eigenvalue weighted by Gasteiger charge is 2.15. The Labute approximate surface area is 139 Å². The van der Waals surface area contributed by atoms with Gasteiger partial charge in [0.05, 0.1) is 16.7 Å². The smallest absolute Gasteiger partial charge is 0.147 e. The Morgan fingerprint density at radius 1 is 1.19 bits per heavy atom. The van der Waals surface area contributed by atoms with Crippen molar-refractivity contribution in [3.8, 4) is 5.69 Å². The molecule has 0 unspecified atom stereocenters. The van der Waals surface area contributed by atoms with Crippen molar-refractivity contribution in [3.63, 3.8) is 0 Å². The second kappa shape index (κ2) is 5.95. The minimum atomic E-state index is -0.350. The molecule has 0 radical (unpaired) electrons. The van der Waals surface area contributed by atoms with Gasteiger partial charge in [-0.05, 0) is 36.4 Å². The third-order valence-electron chi connectivity index (χ3n) is 3.15. The molecule has 21 heavy (non-hydrogen) atoms. The number of hydrogen-bond donors (Lipinski definition) is 0. The average molecular weight is 388 g/mol. The standard InChI is InChI=1S/C15H10BrCl2FN2/c16-9-1-4-13-12(7-9)20-15(5-6-17)21(13)14-8-10(18)2-3-11(14)19/h1-4,7-8H,5-6H2. The van der Waals surface area contributed by atoms with Crippen LogP contribution in [-0.2, 0) is 6.42 Å². The van der Waals surface area contributed by atoms with Gasteiger partial charge in [-0.1, -0.05) is 27.5 Å². The maximum Gasteiger partial charge on any atom is 0.147 e. The molecule has 1 heterocycles. The fourth-order valence-electron chi connectivity index (χ4n) is 2.28. The lowest BCUT2D eigenvalue weighted by molar-refractivity contribution is 0.617. The van der Waals surface area contributed by atoms with E-state index in [0.717, 1.165) is 15.5 Å². The van der Waals surface area contributed by atoms with Crippen LogP contribution in [0.3, 0.4) is 0 Å². The van der Waals surface area contributed by atoms with Crippen LogP contribution in [0.15, 0.2) is 40.9 Å². The molecule has 0 bridgehead atoms. The maximum absolute atomic E-state index is 14.2. The lowest BCUT2D eigenvalue weighted by atomic mass is 10.2. The molecule has 108 valence electrons. The van der Waals surface area contributed by atoms with Crippen LogP contribution < -0.4 is 0 Å². The van der Waals surface area contributed by atoms with Crippen molar-refractivity contribution in [2.75, 3.05) is 5.88 Å². The van der Waals surface area contributed by atoms with Gasteiger partial charge in [-0.3, -0.25) is 4.57 Å². The first kappa shape index (κ1) is 14.8. The van der Waals surface area contributed by atoms with Crippen molar-refractivity contribution in [1.29, 1.82) is 0 Å². The van der Waals surface area contributed by atoms with Gasteiger partial charge in [0.25, 0.3) is 0 Å². The van der Waals surface area contributed by atoms with Crippen molar-refractivity contribution in [2.24, 2.45) is 0 Å². The van der Waals surface area contributed by atoms with Crippen LogP contribution in [-0.4, -0.2) is 15.4 Å². The zero-order valence-electron chi connectivity index (χ0n) is 10.8. The molecule has 0 aliphatic carbocycles. The Bertz CT molecular complexity index is 817. The van der Waals surface area contributed by atoms with Crippen molar-refractivity contribution in [1.82, 2.24) is 9.55 Å². The molecular formula is C15H10BrCl2FN2. The van der Waals surface area contributed by atoms with Gasteiger partial charge in [0.1, 0.15) is 11.6 Å². The van der Waals surface area contributed by atoms with Crippen LogP contribution in [0, 0.1) is 5.82 Å². The Balaban J connectivity index is 2.33. The van der Waals surface area contributed by atoms with Crippen LogP contribution in [0.25, 0.3) is 16.7 Å². The van der Waals surface area contributed by atoms with E-state index in [-0.39, 0.29) is 5.82 Å². The van der Waals surface area contributed by atoms with Crippen molar-refractivity contribution < 1.29 is 4.39 Å². The van der Waals surface area contributed by atoms with Gasteiger partial charge in [-0.25, -0.2) is 9.37 Å². The third-order valence-corrected chi connectivity index (χ3v) is 4.07. The van der Waals surface area contributed by atoms with E-state index < -0.39 is 0 Å². The summed E-state index contributed by atoms with van der Waals surface area (Å²) in [5.74, 6) is 0.767. The van der Waals surface area contributed by atoms with Crippen LogP contribution in [0.2, 0.25) is 5.02 Å². The highest BCUT2D eigenvalue weighted by Crippen LogP contribution is 2.28. The van der Waals surface area contributed by atoms with Crippen LogP contribution in [0.4, 0.5) is 4.39 Å². The number of aromatic nitrogens is 2. The molecule has 0 aliphatic rings. The molecule has 6 heteroatoms. The Kier molecular flexibility index (Phi) is 4.20. The molecule has 0 N–H and O–H groups in total. The summed E-state index contributed by atoms with van der Waals surface area (Å²) in [6.45, 7) is 0. The first-order chi connectivity index (χ1) is 10.1. The molecule has 0 amide bonds. The molecule has 0 atom stereocenters. The van der Waals surface area contributed by atoms with Gasteiger partial charge in [0.15, 0.2) is 0 Å². The first-order valence-corrected chi connectivity index (χ1v) is 7.99. The summed E-state index contributed by atoms with van der Waals surface area (Å²) in [5, 5.41) is 0.474. The topological polar surface area (TPSA) is 17.8 Å². The van der Waals surface area contributed by atoms with E-state index in [1.54, 1.807) is 10.6 Å². The van der Waals surface area contributed by atoms with Gasteiger partial charge in [-0.15, -0.1) is 11.6 Å². The van der Waals surface area contributed by atoms with Crippen LogP contribution in [0.1, 0.15) is 5.82 Å².